The molecule has 1 heterocycles. The van der Waals surface area contributed by atoms with Gasteiger partial charge in [-0.1, -0.05) is 49.8 Å². The van der Waals surface area contributed by atoms with Crippen LogP contribution in [0.25, 0.3) is 6.08 Å². The third kappa shape index (κ3) is 4.25. The van der Waals surface area contributed by atoms with Gasteiger partial charge in [0.25, 0.3) is 0 Å². The molecule has 1 aliphatic carbocycles. The first kappa shape index (κ1) is 21.6. The Bertz CT molecular complexity index is 739. The van der Waals surface area contributed by atoms with Crippen LogP contribution in [0.1, 0.15) is 63.5 Å². The van der Waals surface area contributed by atoms with Crippen molar-refractivity contribution >= 4 is 17.9 Å². The van der Waals surface area contributed by atoms with Crippen molar-refractivity contribution in [3.63, 3.8) is 0 Å². The zero-order valence-corrected chi connectivity index (χ0v) is 17.9. The van der Waals surface area contributed by atoms with Crippen LogP contribution in [-0.2, 0) is 9.59 Å². The Balaban J connectivity index is 1.88. The number of aliphatic hydroxyl groups is 1. The van der Waals surface area contributed by atoms with Crippen molar-refractivity contribution in [2.75, 3.05) is 19.7 Å². The number of rotatable bonds is 8. The van der Waals surface area contributed by atoms with E-state index in [1.54, 1.807) is 0 Å². The van der Waals surface area contributed by atoms with Crippen LogP contribution in [0.15, 0.2) is 30.3 Å². The number of amides is 2. The second-order valence-corrected chi connectivity index (χ2v) is 8.17. The number of likely N-dealkylation sites (N-methyl/N-ethyl adjacent to an activating group) is 1. The Kier molecular flexibility index (Phi) is 7.12. The molecule has 1 aromatic rings. The lowest BCUT2D eigenvalue weighted by molar-refractivity contribution is -0.161. The zero-order chi connectivity index (χ0) is 21.0. The number of aliphatic hydroxyl groups excluding tert-OH is 1. The quantitative estimate of drug-likeness (QED) is 0.730. The summed E-state index contributed by atoms with van der Waals surface area (Å²) < 4.78 is 0. The summed E-state index contributed by atoms with van der Waals surface area (Å²) in [6, 6.07) is 8.05. The van der Waals surface area contributed by atoms with Crippen LogP contribution in [0.4, 0.5) is 0 Å². The van der Waals surface area contributed by atoms with Gasteiger partial charge in [0.2, 0.25) is 11.8 Å². The lowest BCUT2D eigenvalue weighted by atomic mass is 9.72. The minimum absolute atomic E-state index is 0.0439. The first-order chi connectivity index (χ1) is 14.0. The molecular formula is C24H34N2O3. The summed E-state index contributed by atoms with van der Waals surface area (Å²) >= 11 is 0. The highest BCUT2D eigenvalue weighted by Crippen LogP contribution is 2.44. The van der Waals surface area contributed by atoms with Gasteiger partial charge < -0.3 is 14.9 Å². The highest BCUT2D eigenvalue weighted by atomic mass is 16.3. The normalized spacial score (nSPS) is 24.3. The summed E-state index contributed by atoms with van der Waals surface area (Å²) in [5.74, 6) is 0.393. The lowest BCUT2D eigenvalue weighted by Gasteiger charge is -2.57. The molecule has 5 heteroatoms. The van der Waals surface area contributed by atoms with Crippen LogP contribution < -0.4 is 0 Å². The summed E-state index contributed by atoms with van der Waals surface area (Å²) in [6.45, 7) is 6.95. The summed E-state index contributed by atoms with van der Waals surface area (Å²) in [5, 5.41) is 10.1. The minimum Gasteiger partial charge on any atom is -0.394 e. The molecule has 2 fully saturated rings. The van der Waals surface area contributed by atoms with Crippen LogP contribution in [0.2, 0.25) is 0 Å². The summed E-state index contributed by atoms with van der Waals surface area (Å²) in [7, 11) is 0. The average Bonchev–Trinajstić information content (AvgIpc) is 2.67. The number of hydrogen-bond acceptors (Lipinski definition) is 3. The number of allylic oxidation sites excluding steroid dienone is 1. The molecule has 2 amide bonds. The maximum atomic E-state index is 13.1. The van der Waals surface area contributed by atoms with E-state index in [4.69, 9.17) is 0 Å². The second kappa shape index (κ2) is 9.57. The van der Waals surface area contributed by atoms with Crippen LogP contribution in [0.5, 0.6) is 0 Å². The van der Waals surface area contributed by atoms with E-state index < -0.39 is 0 Å². The van der Waals surface area contributed by atoms with E-state index >= 15 is 0 Å². The lowest BCUT2D eigenvalue weighted by Crippen LogP contribution is -2.70. The highest BCUT2D eigenvalue weighted by Gasteiger charge is 2.53. The predicted molar refractivity (Wildman–Crippen MR) is 115 cm³/mol. The molecule has 0 aromatic heterocycles. The van der Waals surface area contributed by atoms with Gasteiger partial charge >= 0.3 is 0 Å². The zero-order valence-electron chi connectivity index (χ0n) is 17.9. The molecular weight excluding hydrogens is 364 g/mol. The number of nitrogens with zero attached hydrogens (tertiary/aromatic N) is 2. The third-order valence-electron chi connectivity index (χ3n) is 6.56. The molecule has 1 N–H and O–H groups in total. The molecule has 0 bridgehead atoms. The summed E-state index contributed by atoms with van der Waals surface area (Å²) in [4.78, 5) is 29.2. The second-order valence-electron chi connectivity index (χ2n) is 8.17. The Morgan fingerprint density at radius 1 is 1.17 bits per heavy atom. The highest BCUT2D eigenvalue weighted by molar-refractivity contribution is 5.82. The molecule has 1 saturated carbocycles. The number of hydrogen-bond donors (Lipinski definition) is 1. The van der Waals surface area contributed by atoms with Gasteiger partial charge in [-0.2, -0.15) is 0 Å². The van der Waals surface area contributed by atoms with Gasteiger partial charge in [-0.25, -0.2) is 0 Å². The van der Waals surface area contributed by atoms with Crippen molar-refractivity contribution in [2.45, 2.75) is 64.5 Å². The number of benzene rings is 1. The molecule has 158 valence electrons. The maximum absolute atomic E-state index is 13.1. The van der Waals surface area contributed by atoms with E-state index in [1.807, 2.05) is 36.6 Å². The number of carbonyl (C=O) groups excluding carboxylic acids is 2. The SMILES string of the molecule is CC=Cc1ccc([C@@H]2[C@@H](CO)N(C(=O)C3CCC3)[C@H]2CN(CC)C(=O)CC)cc1. The monoisotopic (exact) mass is 398 g/mol. The predicted octanol–water partition coefficient (Wildman–Crippen LogP) is 3.43. The number of carbonyl (C=O) groups is 2. The van der Waals surface area contributed by atoms with E-state index in [9.17, 15) is 14.7 Å². The topological polar surface area (TPSA) is 60.9 Å². The Morgan fingerprint density at radius 2 is 1.86 bits per heavy atom. The van der Waals surface area contributed by atoms with Crippen molar-refractivity contribution < 1.29 is 14.7 Å². The summed E-state index contributed by atoms with van der Waals surface area (Å²) in [5.41, 5.74) is 2.26. The molecule has 1 saturated heterocycles. The van der Waals surface area contributed by atoms with Gasteiger partial charge in [0.1, 0.15) is 0 Å². The van der Waals surface area contributed by atoms with Gasteiger partial charge in [0, 0.05) is 31.3 Å². The first-order valence-electron chi connectivity index (χ1n) is 11.0. The van der Waals surface area contributed by atoms with Crippen molar-refractivity contribution in [3.8, 4) is 0 Å². The molecule has 29 heavy (non-hydrogen) atoms. The maximum Gasteiger partial charge on any atom is 0.226 e. The standard InChI is InChI=1S/C24H34N2O3/c1-4-8-17-11-13-18(14-12-17)23-20(15-25(6-3)22(28)5-2)26(21(23)16-27)24(29)19-9-7-10-19/h4,8,11-14,19-21,23,27H,5-7,9-10,15-16H2,1-3H3/t20-,21+,23-/m0/s1. The molecule has 3 rings (SSSR count). The molecule has 3 atom stereocenters. The smallest absolute Gasteiger partial charge is 0.226 e. The van der Waals surface area contributed by atoms with E-state index in [2.05, 4.69) is 30.3 Å². The number of likely N-dealkylation sites (tertiary alicyclic amines) is 1. The van der Waals surface area contributed by atoms with Gasteiger partial charge in [0.05, 0.1) is 18.7 Å². The first-order valence-corrected chi connectivity index (χ1v) is 11.0. The summed E-state index contributed by atoms with van der Waals surface area (Å²) in [6.07, 6.45) is 7.50. The van der Waals surface area contributed by atoms with Gasteiger partial charge in [-0.05, 0) is 37.8 Å². The van der Waals surface area contributed by atoms with Crippen LogP contribution in [-0.4, -0.2) is 58.5 Å². The molecule has 0 unspecified atom stereocenters. The Hall–Kier alpha value is -2.14. The fourth-order valence-electron chi connectivity index (χ4n) is 4.67. The van der Waals surface area contributed by atoms with Gasteiger partial charge in [-0.3, -0.25) is 9.59 Å². The van der Waals surface area contributed by atoms with Crippen LogP contribution >= 0.6 is 0 Å². The molecule has 5 nitrogen and oxygen atoms in total. The fourth-order valence-corrected chi connectivity index (χ4v) is 4.67. The van der Waals surface area contributed by atoms with Gasteiger partial charge in [0.15, 0.2) is 0 Å². The average molecular weight is 399 g/mol. The van der Waals surface area contributed by atoms with E-state index in [0.717, 1.165) is 30.4 Å². The molecule has 2 aliphatic rings. The van der Waals surface area contributed by atoms with Crippen LogP contribution in [0.3, 0.4) is 0 Å². The third-order valence-corrected chi connectivity index (χ3v) is 6.56. The van der Waals surface area contributed by atoms with E-state index in [0.29, 0.717) is 19.5 Å². The van der Waals surface area contributed by atoms with Gasteiger partial charge in [-0.15, -0.1) is 0 Å². The van der Waals surface area contributed by atoms with Crippen LogP contribution in [0, 0.1) is 5.92 Å². The van der Waals surface area contributed by atoms with Crippen molar-refractivity contribution in [1.82, 2.24) is 9.80 Å². The van der Waals surface area contributed by atoms with Crippen molar-refractivity contribution in [2.24, 2.45) is 5.92 Å². The fraction of sp³-hybridized carbons (Fsp3) is 0.583. The molecule has 1 aromatic carbocycles. The van der Waals surface area contributed by atoms with E-state index in [1.165, 1.54) is 0 Å². The molecule has 0 spiro atoms. The van der Waals surface area contributed by atoms with Crippen molar-refractivity contribution in [3.05, 3.63) is 41.5 Å². The Labute approximate surface area is 174 Å². The Morgan fingerprint density at radius 3 is 2.34 bits per heavy atom. The molecule has 1 aliphatic heterocycles. The molecule has 0 radical (unpaired) electrons. The van der Waals surface area contributed by atoms with Crippen molar-refractivity contribution in [1.29, 1.82) is 0 Å². The minimum atomic E-state index is -0.212. The largest absolute Gasteiger partial charge is 0.394 e. The van der Waals surface area contributed by atoms with E-state index in [-0.39, 0.29) is 42.3 Å².